The van der Waals surface area contributed by atoms with E-state index >= 15 is 0 Å². The minimum absolute atomic E-state index is 0.0947. The Labute approximate surface area is 114 Å². The van der Waals surface area contributed by atoms with Gasteiger partial charge < -0.3 is 10.2 Å². The van der Waals surface area contributed by atoms with E-state index in [2.05, 4.69) is 39.6 Å². The van der Waals surface area contributed by atoms with Gasteiger partial charge in [-0.1, -0.05) is 45.1 Å². The summed E-state index contributed by atoms with van der Waals surface area (Å²) in [7, 11) is 1.64. The van der Waals surface area contributed by atoms with E-state index in [0.29, 0.717) is 11.8 Å². The predicted octanol–water partition coefficient (Wildman–Crippen LogP) is 4.18. The zero-order valence-corrected chi connectivity index (χ0v) is 13.3. The third-order valence-electron chi connectivity index (χ3n) is 2.01. The molecule has 0 aromatic carbocycles. The maximum Gasteiger partial charge on any atom is 0.139 e. The molecule has 5 heteroatoms. The van der Waals surface area contributed by atoms with Gasteiger partial charge in [0.05, 0.1) is 0 Å². The predicted molar refractivity (Wildman–Crippen MR) is 78.5 cm³/mol. The molecule has 0 aliphatic carbocycles. The Kier molecular flexibility index (Phi) is 8.37. The summed E-state index contributed by atoms with van der Waals surface area (Å²) < 4.78 is 5.15. The first-order valence-electron chi connectivity index (χ1n) is 5.86. The molecule has 0 radical (unpaired) electrons. The van der Waals surface area contributed by atoms with E-state index in [0.717, 1.165) is 6.54 Å². The summed E-state index contributed by atoms with van der Waals surface area (Å²) in [5, 5.41) is 3.41. The molecule has 17 heavy (non-hydrogen) atoms. The van der Waals surface area contributed by atoms with Crippen molar-refractivity contribution in [1.82, 2.24) is 5.32 Å². The molecule has 0 aliphatic heterocycles. The Morgan fingerprint density at radius 3 is 2.35 bits per heavy atom. The van der Waals surface area contributed by atoms with Crippen LogP contribution in [0.1, 0.15) is 41.5 Å². The summed E-state index contributed by atoms with van der Waals surface area (Å²) in [6.45, 7) is 17.3. The van der Waals surface area contributed by atoms with Crippen molar-refractivity contribution in [3.8, 4) is 0 Å². The highest BCUT2D eigenvalue weighted by Gasteiger charge is 2.20. The number of hydrogen-bond acceptors (Lipinski definition) is 5. The maximum absolute atomic E-state index is 5.05. The molecule has 0 aliphatic rings. The molecule has 0 atom stereocenters. The molecular formula is C12H25NO2S2. The summed E-state index contributed by atoms with van der Waals surface area (Å²) in [6.07, 6.45) is 0. The van der Waals surface area contributed by atoms with Crippen LogP contribution in [-0.4, -0.2) is 17.3 Å². The van der Waals surface area contributed by atoms with E-state index in [1.54, 1.807) is 10.8 Å². The standard InChI is InChI=1S/C12H25NO2S2/c1-9(2)11(5)14-15-17-16-12(6,7)8-13-10(3)4/h9-10,13H,5,8H2,1-4,6-7H3. The van der Waals surface area contributed by atoms with Crippen molar-refractivity contribution in [2.75, 3.05) is 6.54 Å². The number of hydrogen-bond donors (Lipinski definition) is 1. The first-order chi connectivity index (χ1) is 7.74. The van der Waals surface area contributed by atoms with Crippen molar-refractivity contribution >= 4 is 21.9 Å². The molecule has 0 saturated carbocycles. The second-order valence-corrected chi connectivity index (χ2v) is 7.67. The van der Waals surface area contributed by atoms with Gasteiger partial charge in [0.15, 0.2) is 0 Å². The van der Waals surface area contributed by atoms with E-state index in [1.807, 2.05) is 13.8 Å². The Morgan fingerprint density at radius 1 is 1.29 bits per heavy atom. The van der Waals surface area contributed by atoms with Crippen LogP contribution in [0.5, 0.6) is 0 Å². The SMILES string of the molecule is C=C(OOSSC(C)(C)CNC(C)C)C(C)C. The monoisotopic (exact) mass is 279 g/mol. The Bertz CT molecular complexity index is 231. The first kappa shape index (κ1) is 17.2. The van der Waals surface area contributed by atoms with Gasteiger partial charge in [-0.2, -0.15) is 0 Å². The number of rotatable bonds is 9. The molecule has 0 unspecified atom stereocenters. The van der Waals surface area contributed by atoms with Gasteiger partial charge in [0.25, 0.3) is 0 Å². The zero-order chi connectivity index (χ0) is 13.5. The minimum Gasteiger partial charge on any atom is -0.329 e. The van der Waals surface area contributed by atoms with Crippen molar-refractivity contribution in [2.24, 2.45) is 5.92 Å². The molecule has 102 valence electrons. The van der Waals surface area contributed by atoms with E-state index in [1.165, 1.54) is 11.1 Å². The lowest BCUT2D eigenvalue weighted by atomic mass is 10.2. The summed E-state index contributed by atoms with van der Waals surface area (Å²) >= 11 is 1.25. The fraction of sp³-hybridized carbons (Fsp3) is 0.833. The molecule has 0 heterocycles. The van der Waals surface area contributed by atoms with Gasteiger partial charge in [-0.05, 0) is 13.8 Å². The van der Waals surface area contributed by atoms with Crippen molar-refractivity contribution in [1.29, 1.82) is 0 Å². The second kappa shape index (κ2) is 8.29. The Hall–Kier alpha value is 0.160. The molecule has 0 aromatic heterocycles. The average Bonchev–Trinajstić information content (AvgIpc) is 2.21. The zero-order valence-electron chi connectivity index (χ0n) is 11.7. The van der Waals surface area contributed by atoms with Crippen LogP contribution >= 0.6 is 21.9 Å². The normalized spacial score (nSPS) is 12.2. The van der Waals surface area contributed by atoms with E-state index in [4.69, 9.17) is 9.22 Å². The van der Waals surface area contributed by atoms with Crippen LogP contribution in [0.15, 0.2) is 12.3 Å². The van der Waals surface area contributed by atoms with Crippen molar-refractivity contribution < 1.29 is 9.22 Å². The minimum atomic E-state index is 0.0947. The smallest absolute Gasteiger partial charge is 0.139 e. The molecule has 3 nitrogen and oxygen atoms in total. The van der Waals surface area contributed by atoms with Crippen LogP contribution in [0, 0.1) is 5.92 Å². The van der Waals surface area contributed by atoms with Crippen LogP contribution in [-0.2, 0) is 9.22 Å². The Morgan fingerprint density at radius 2 is 1.88 bits per heavy atom. The molecule has 1 N–H and O–H groups in total. The molecule has 0 aromatic rings. The summed E-state index contributed by atoms with van der Waals surface area (Å²) in [4.78, 5) is 5.05. The molecule has 0 saturated heterocycles. The lowest BCUT2D eigenvalue weighted by Gasteiger charge is -2.24. The quantitative estimate of drug-likeness (QED) is 0.171. The summed E-state index contributed by atoms with van der Waals surface area (Å²) in [6, 6.07) is 0.498. The lowest BCUT2D eigenvalue weighted by molar-refractivity contribution is -0.153. The first-order valence-corrected chi connectivity index (χ1v) is 7.93. The van der Waals surface area contributed by atoms with Crippen LogP contribution < -0.4 is 5.32 Å². The van der Waals surface area contributed by atoms with Gasteiger partial charge in [-0.3, -0.25) is 0 Å². The Balaban J connectivity index is 3.68. The van der Waals surface area contributed by atoms with E-state index in [-0.39, 0.29) is 10.7 Å². The van der Waals surface area contributed by atoms with Gasteiger partial charge in [-0.25, -0.2) is 0 Å². The highest BCUT2D eigenvalue weighted by molar-refractivity contribution is 8.75. The summed E-state index contributed by atoms with van der Waals surface area (Å²) in [5.74, 6) is 0.924. The molecule has 0 rings (SSSR count). The molecule has 0 fully saturated rings. The van der Waals surface area contributed by atoms with Crippen molar-refractivity contribution in [2.45, 2.75) is 52.3 Å². The van der Waals surface area contributed by atoms with Crippen molar-refractivity contribution in [3.63, 3.8) is 0 Å². The fourth-order valence-electron chi connectivity index (χ4n) is 0.739. The largest absolute Gasteiger partial charge is 0.329 e. The van der Waals surface area contributed by atoms with Gasteiger partial charge in [0.1, 0.15) is 16.8 Å². The molecule has 0 bridgehead atoms. The molecule has 0 spiro atoms. The van der Waals surface area contributed by atoms with Gasteiger partial charge >= 0.3 is 0 Å². The lowest BCUT2D eigenvalue weighted by Crippen LogP contribution is -2.35. The molecular weight excluding hydrogens is 254 g/mol. The van der Waals surface area contributed by atoms with Crippen molar-refractivity contribution in [3.05, 3.63) is 12.3 Å². The summed E-state index contributed by atoms with van der Waals surface area (Å²) in [5.41, 5.74) is 0. The van der Waals surface area contributed by atoms with Crippen LogP contribution in [0.25, 0.3) is 0 Å². The van der Waals surface area contributed by atoms with Crippen LogP contribution in [0.4, 0.5) is 0 Å². The third-order valence-corrected chi connectivity index (χ3v) is 4.52. The van der Waals surface area contributed by atoms with Crippen LogP contribution in [0.2, 0.25) is 0 Å². The topological polar surface area (TPSA) is 30.5 Å². The number of allylic oxidation sites excluding steroid dienone is 1. The van der Waals surface area contributed by atoms with Gasteiger partial charge in [-0.15, -0.1) is 4.33 Å². The highest BCUT2D eigenvalue weighted by Crippen LogP contribution is 2.36. The van der Waals surface area contributed by atoms with Gasteiger partial charge in [0, 0.05) is 23.3 Å². The number of nitrogens with one attached hydrogen (secondary N) is 1. The van der Waals surface area contributed by atoms with Gasteiger partial charge in [0.2, 0.25) is 0 Å². The van der Waals surface area contributed by atoms with E-state index in [9.17, 15) is 0 Å². The average molecular weight is 279 g/mol. The van der Waals surface area contributed by atoms with E-state index < -0.39 is 0 Å². The third kappa shape index (κ3) is 9.83. The highest BCUT2D eigenvalue weighted by atomic mass is 33.1. The molecule has 0 amide bonds. The maximum atomic E-state index is 5.05. The van der Waals surface area contributed by atoms with Crippen LogP contribution in [0.3, 0.4) is 0 Å². The second-order valence-electron chi connectivity index (χ2n) is 5.22. The fourth-order valence-corrected chi connectivity index (χ4v) is 2.10.